The van der Waals surface area contributed by atoms with Crippen molar-refractivity contribution < 1.29 is 13.9 Å². The average molecular weight is 267 g/mol. The van der Waals surface area contributed by atoms with E-state index in [1.54, 1.807) is 0 Å². The van der Waals surface area contributed by atoms with E-state index in [1.807, 2.05) is 12.1 Å². The Morgan fingerprint density at radius 3 is 2.74 bits per heavy atom. The lowest BCUT2D eigenvalue weighted by Crippen LogP contribution is -2.14. The van der Waals surface area contributed by atoms with E-state index in [1.165, 1.54) is 19.3 Å². The molecular weight excluding hydrogens is 242 g/mol. The van der Waals surface area contributed by atoms with Gasteiger partial charge in [0.05, 0.1) is 19.8 Å². The number of unbranched alkanes of at least 4 members (excludes halogenated alkanes) is 1. The van der Waals surface area contributed by atoms with Crippen molar-refractivity contribution in [1.29, 1.82) is 0 Å². The molecule has 1 heterocycles. The molecule has 0 atom stereocenters. The van der Waals surface area contributed by atoms with E-state index in [4.69, 9.17) is 13.9 Å². The van der Waals surface area contributed by atoms with Gasteiger partial charge in [0.25, 0.3) is 0 Å². The molecule has 0 bridgehead atoms. The summed E-state index contributed by atoms with van der Waals surface area (Å²) in [5.74, 6) is 1.88. The SMILES string of the molecule is CCCCOCCOCc1ccc(CNC2CC2)o1. The molecule has 108 valence electrons. The summed E-state index contributed by atoms with van der Waals surface area (Å²) in [6, 6.07) is 4.72. The molecule has 0 spiro atoms. The van der Waals surface area contributed by atoms with Gasteiger partial charge in [-0.3, -0.25) is 0 Å². The monoisotopic (exact) mass is 267 g/mol. The van der Waals surface area contributed by atoms with Gasteiger partial charge in [-0.15, -0.1) is 0 Å². The number of nitrogens with one attached hydrogen (secondary N) is 1. The molecule has 0 radical (unpaired) electrons. The largest absolute Gasteiger partial charge is 0.462 e. The first-order valence-electron chi connectivity index (χ1n) is 7.35. The van der Waals surface area contributed by atoms with Gasteiger partial charge >= 0.3 is 0 Å². The zero-order valence-corrected chi connectivity index (χ0v) is 11.8. The van der Waals surface area contributed by atoms with Crippen molar-refractivity contribution in [3.63, 3.8) is 0 Å². The van der Waals surface area contributed by atoms with Gasteiger partial charge in [-0.05, 0) is 31.4 Å². The maximum atomic E-state index is 5.68. The fourth-order valence-corrected chi connectivity index (χ4v) is 1.77. The third-order valence-electron chi connectivity index (χ3n) is 3.12. The van der Waals surface area contributed by atoms with Crippen LogP contribution in [0.4, 0.5) is 0 Å². The molecule has 1 N–H and O–H groups in total. The summed E-state index contributed by atoms with van der Waals surface area (Å²) in [6.07, 6.45) is 4.89. The summed E-state index contributed by atoms with van der Waals surface area (Å²) in [5.41, 5.74) is 0. The van der Waals surface area contributed by atoms with Crippen LogP contribution in [-0.4, -0.2) is 25.9 Å². The second kappa shape index (κ2) is 8.35. The Labute approximate surface area is 115 Å². The lowest BCUT2D eigenvalue weighted by atomic mass is 10.4. The summed E-state index contributed by atoms with van der Waals surface area (Å²) in [7, 11) is 0. The molecular formula is C15H25NO3. The van der Waals surface area contributed by atoms with Crippen LogP contribution in [0.2, 0.25) is 0 Å². The predicted molar refractivity (Wildman–Crippen MR) is 74.0 cm³/mol. The maximum Gasteiger partial charge on any atom is 0.129 e. The van der Waals surface area contributed by atoms with Crippen molar-refractivity contribution in [3.8, 4) is 0 Å². The van der Waals surface area contributed by atoms with Gasteiger partial charge < -0.3 is 19.2 Å². The second-order valence-electron chi connectivity index (χ2n) is 5.04. The molecule has 1 aromatic heterocycles. The first-order valence-corrected chi connectivity index (χ1v) is 7.35. The summed E-state index contributed by atoms with van der Waals surface area (Å²) in [6.45, 7) is 5.63. The highest BCUT2D eigenvalue weighted by Gasteiger charge is 2.20. The maximum absolute atomic E-state index is 5.68. The fourth-order valence-electron chi connectivity index (χ4n) is 1.77. The average Bonchev–Trinajstić information content (AvgIpc) is 3.15. The van der Waals surface area contributed by atoms with E-state index in [9.17, 15) is 0 Å². The number of ether oxygens (including phenoxy) is 2. The Morgan fingerprint density at radius 1 is 1.16 bits per heavy atom. The van der Waals surface area contributed by atoms with E-state index in [0.29, 0.717) is 25.9 Å². The molecule has 4 heteroatoms. The molecule has 1 aromatic rings. The predicted octanol–water partition coefficient (Wildman–Crippen LogP) is 2.86. The molecule has 4 nitrogen and oxygen atoms in total. The Morgan fingerprint density at radius 2 is 1.95 bits per heavy atom. The molecule has 0 unspecified atom stereocenters. The van der Waals surface area contributed by atoms with Gasteiger partial charge in [-0.2, -0.15) is 0 Å². The van der Waals surface area contributed by atoms with Gasteiger partial charge in [0, 0.05) is 12.6 Å². The number of rotatable bonds is 11. The smallest absolute Gasteiger partial charge is 0.129 e. The van der Waals surface area contributed by atoms with Crippen LogP contribution in [0.5, 0.6) is 0 Å². The minimum Gasteiger partial charge on any atom is -0.462 e. The third kappa shape index (κ3) is 6.23. The molecule has 19 heavy (non-hydrogen) atoms. The zero-order chi connectivity index (χ0) is 13.3. The lowest BCUT2D eigenvalue weighted by molar-refractivity contribution is 0.0336. The zero-order valence-electron chi connectivity index (χ0n) is 11.8. The van der Waals surface area contributed by atoms with Gasteiger partial charge in [-0.1, -0.05) is 13.3 Å². The fraction of sp³-hybridized carbons (Fsp3) is 0.733. The topological polar surface area (TPSA) is 43.6 Å². The van der Waals surface area contributed by atoms with E-state index in [-0.39, 0.29) is 0 Å². The molecule has 1 saturated carbocycles. The normalized spacial score (nSPS) is 15.0. The lowest BCUT2D eigenvalue weighted by Gasteiger charge is -2.04. The Balaban J connectivity index is 1.50. The molecule has 2 rings (SSSR count). The third-order valence-corrected chi connectivity index (χ3v) is 3.12. The van der Waals surface area contributed by atoms with E-state index < -0.39 is 0 Å². The van der Waals surface area contributed by atoms with Crippen molar-refractivity contribution in [1.82, 2.24) is 5.32 Å². The van der Waals surface area contributed by atoms with Gasteiger partial charge in [0.15, 0.2) is 0 Å². The number of hydrogen-bond donors (Lipinski definition) is 1. The second-order valence-corrected chi connectivity index (χ2v) is 5.04. The molecule has 1 fully saturated rings. The quantitative estimate of drug-likeness (QED) is 0.626. The van der Waals surface area contributed by atoms with Crippen molar-refractivity contribution in [3.05, 3.63) is 23.7 Å². The van der Waals surface area contributed by atoms with Crippen molar-refractivity contribution in [2.24, 2.45) is 0 Å². The van der Waals surface area contributed by atoms with Crippen molar-refractivity contribution >= 4 is 0 Å². The summed E-state index contributed by atoms with van der Waals surface area (Å²) >= 11 is 0. The minimum absolute atomic E-state index is 0.528. The highest BCUT2D eigenvalue weighted by atomic mass is 16.5. The molecule has 1 aliphatic carbocycles. The molecule has 0 saturated heterocycles. The number of furan rings is 1. The Hall–Kier alpha value is -0.840. The van der Waals surface area contributed by atoms with E-state index in [0.717, 1.165) is 31.1 Å². The van der Waals surface area contributed by atoms with E-state index in [2.05, 4.69) is 12.2 Å². The summed E-state index contributed by atoms with van der Waals surface area (Å²) in [4.78, 5) is 0. The van der Waals surface area contributed by atoms with Gasteiger partial charge in [0.1, 0.15) is 18.1 Å². The highest BCUT2D eigenvalue weighted by Crippen LogP contribution is 2.19. The Bertz CT molecular complexity index is 347. The van der Waals surface area contributed by atoms with Crippen LogP contribution in [0.1, 0.15) is 44.1 Å². The van der Waals surface area contributed by atoms with Crippen molar-refractivity contribution in [2.75, 3.05) is 19.8 Å². The van der Waals surface area contributed by atoms with Crippen LogP contribution in [0, 0.1) is 0 Å². The minimum atomic E-state index is 0.528. The van der Waals surface area contributed by atoms with Crippen LogP contribution >= 0.6 is 0 Å². The highest BCUT2D eigenvalue weighted by molar-refractivity contribution is 5.06. The summed E-state index contributed by atoms with van der Waals surface area (Å²) < 4.78 is 16.6. The van der Waals surface area contributed by atoms with Crippen LogP contribution in [0.15, 0.2) is 16.5 Å². The summed E-state index contributed by atoms with van der Waals surface area (Å²) in [5, 5.41) is 3.43. The molecule has 0 aromatic carbocycles. The first-order chi connectivity index (χ1) is 9.38. The van der Waals surface area contributed by atoms with Crippen LogP contribution in [0.3, 0.4) is 0 Å². The van der Waals surface area contributed by atoms with Crippen molar-refractivity contribution in [2.45, 2.75) is 51.8 Å². The Kier molecular flexibility index (Phi) is 6.41. The van der Waals surface area contributed by atoms with Crippen LogP contribution in [-0.2, 0) is 22.6 Å². The van der Waals surface area contributed by atoms with Crippen LogP contribution in [0.25, 0.3) is 0 Å². The van der Waals surface area contributed by atoms with Crippen LogP contribution < -0.4 is 5.32 Å². The van der Waals surface area contributed by atoms with Gasteiger partial charge in [0.2, 0.25) is 0 Å². The molecule has 0 aliphatic heterocycles. The van der Waals surface area contributed by atoms with Gasteiger partial charge in [-0.25, -0.2) is 0 Å². The molecule has 0 amide bonds. The standard InChI is InChI=1S/C15H25NO3/c1-2-3-8-17-9-10-18-12-15-7-6-14(19-15)11-16-13-4-5-13/h6-7,13,16H,2-5,8-12H2,1H3. The molecule has 1 aliphatic rings. The van der Waals surface area contributed by atoms with E-state index >= 15 is 0 Å². The first kappa shape index (κ1) is 14.6. The number of hydrogen-bond acceptors (Lipinski definition) is 4.